The van der Waals surface area contributed by atoms with Crippen LogP contribution in [-0.2, 0) is 4.74 Å². The quantitative estimate of drug-likeness (QED) is 0.582. The first-order valence-corrected chi connectivity index (χ1v) is 8.49. The van der Waals surface area contributed by atoms with Crippen molar-refractivity contribution >= 4 is 22.5 Å². The number of nitrogens with one attached hydrogen (secondary N) is 2. The molecule has 0 radical (unpaired) electrons. The maximum Gasteiger partial charge on any atom is 0.165 e. The van der Waals surface area contributed by atoms with Crippen LogP contribution in [-0.4, -0.2) is 43.2 Å². The number of ether oxygens (including phenoxy) is 1. The highest BCUT2D eigenvalue weighted by atomic mass is 16.5. The van der Waals surface area contributed by atoms with E-state index in [0.717, 1.165) is 48.3 Å². The van der Waals surface area contributed by atoms with Gasteiger partial charge >= 0.3 is 0 Å². The lowest BCUT2D eigenvalue weighted by atomic mass is 10.1. The molecule has 9 nitrogen and oxygen atoms in total. The van der Waals surface area contributed by atoms with Crippen LogP contribution in [0.2, 0.25) is 0 Å². The van der Waals surface area contributed by atoms with Crippen LogP contribution in [0.25, 0.3) is 22.4 Å². The average Bonchev–Trinajstić information content (AvgIpc) is 3.43. The van der Waals surface area contributed by atoms with Crippen molar-refractivity contribution in [1.29, 1.82) is 0 Å². The molecule has 132 valence electrons. The Kier molecular flexibility index (Phi) is 3.64. The second kappa shape index (κ2) is 6.26. The molecule has 0 amide bonds. The predicted molar refractivity (Wildman–Crippen MR) is 94.0 cm³/mol. The Morgan fingerprint density at radius 3 is 2.96 bits per heavy atom. The lowest BCUT2D eigenvalue weighted by Crippen LogP contribution is -2.19. The molecule has 5 rings (SSSR count). The van der Waals surface area contributed by atoms with E-state index < -0.39 is 0 Å². The van der Waals surface area contributed by atoms with Gasteiger partial charge in [0.1, 0.15) is 17.3 Å². The first kappa shape index (κ1) is 15.1. The van der Waals surface area contributed by atoms with Crippen molar-refractivity contribution in [3.63, 3.8) is 0 Å². The molecule has 0 aromatic carbocycles. The molecule has 0 atom stereocenters. The van der Waals surface area contributed by atoms with E-state index in [0.29, 0.717) is 17.7 Å². The van der Waals surface area contributed by atoms with Gasteiger partial charge in [0.2, 0.25) is 0 Å². The molecule has 4 aromatic heterocycles. The van der Waals surface area contributed by atoms with Gasteiger partial charge in [-0.05, 0) is 18.9 Å². The van der Waals surface area contributed by atoms with Crippen LogP contribution < -0.4 is 5.32 Å². The van der Waals surface area contributed by atoms with Gasteiger partial charge in [-0.25, -0.2) is 9.97 Å². The SMILES string of the molecule is c1cc(-c2nc(Nc3cnn(C4CCOCC4)c3)c3[nH]ncc3n2)co1. The number of furan rings is 1. The minimum Gasteiger partial charge on any atom is -0.472 e. The number of rotatable bonds is 4. The Balaban J connectivity index is 1.47. The molecule has 9 heteroatoms. The summed E-state index contributed by atoms with van der Waals surface area (Å²) >= 11 is 0. The Bertz CT molecular complexity index is 1020. The summed E-state index contributed by atoms with van der Waals surface area (Å²) in [5.41, 5.74) is 3.16. The molecule has 1 aliphatic rings. The van der Waals surface area contributed by atoms with Gasteiger partial charge in [0.25, 0.3) is 0 Å². The van der Waals surface area contributed by atoms with Crippen LogP contribution in [0.15, 0.2) is 41.6 Å². The van der Waals surface area contributed by atoms with E-state index >= 15 is 0 Å². The fraction of sp³-hybridized carbons (Fsp3) is 0.294. The van der Waals surface area contributed by atoms with Crippen LogP contribution >= 0.6 is 0 Å². The number of aromatic amines is 1. The van der Waals surface area contributed by atoms with E-state index in [-0.39, 0.29) is 0 Å². The summed E-state index contributed by atoms with van der Waals surface area (Å²) < 4.78 is 12.6. The van der Waals surface area contributed by atoms with Gasteiger partial charge < -0.3 is 14.5 Å². The predicted octanol–water partition coefficient (Wildman–Crippen LogP) is 2.90. The van der Waals surface area contributed by atoms with Crippen molar-refractivity contribution < 1.29 is 9.15 Å². The Hall–Kier alpha value is -3.20. The van der Waals surface area contributed by atoms with E-state index in [1.165, 1.54) is 0 Å². The molecule has 1 saturated heterocycles. The highest BCUT2D eigenvalue weighted by molar-refractivity contribution is 5.88. The Morgan fingerprint density at radius 1 is 1.19 bits per heavy atom. The lowest BCUT2D eigenvalue weighted by Gasteiger charge is -2.22. The van der Waals surface area contributed by atoms with E-state index in [2.05, 4.69) is 30.6 Å². The lowest BCUT2D eigenvalue weighted by molar-refractivity contribution is 0.0662. The molecule has 2 N–H and O–H groups in total. The molecule has 0 unspecified atom stereocenters. The molecular weight excluding hydrogens is 334 g/mol. The van der Waals surface area contributed by atoms with Crippen LogP contribution in [0.4, 0.5) is 11.5 Å². The summed E-state index contributed by atoms with van der Waals surface area (Å²) in [4.78, 5) is 9.14. The van der Waals surface area contributed by atoms with E-state index in [1.54, 1.807) is 24.9 Å². The molecule has 4 aromatic rings. The molecule has 1 aliphatic heterocycles. The van der Waals surface area contributed by atoms with Crippen LogP contribution in [0.3, 0.4) is 0 Å². The van der Waals surface area contributed by atoms with Crippen LogP contribution in [0, 0.1) is 0 Å². The van der Waals surface area contributed by atoms with Gasteiger partial charge in [-0.1, -0.05) is 0 Å². The van der Waals surface area contributed by atoms with Crippen LogP contribution in [0.1, 0.15) is 18.9 Å². The summed E-state index contributed by atoms with van der Waals surface area (Å²) in [5, 5.41) is 14.8. The normalized spacial score (nSPS) is 15.5. The fourth-order valence-electron chi connectivity index (χ4n) is 3.14. The van der Waals surface area contributed by atoms with Gasteiger partial charge in [-0.3, -0.25) is 9.78 Å². The largest absolute Gasteiger partial charge is 0.472 e. The molecule has 0 saturated carbocycles. The molecule has 1 fully saturated rings. The van der Waals surface area contributed by atoms with E-state index in [9.17, 15) is 0 Å². The third kappa shape index (κ3) is 2.72. The van der Waals surface area contributed by atoms with E-state index in [4.69, 9.17) is 9.15 Å². The highest BCUT2D eigenvalue weighted by Gasteiger charge is 2.17. The third-order valence-corrected chi connectivity index (χ3v) is 4.51. The van der Waals surface area contributed by atoms with Crippen molar-refractivity contribution in [1.82, 2.24) is 29.9 Å². The Labute approximate surface area is 148 Å². The third-order valence-electron chi connectivity index (χ3n) is 4.51. The van der Waals surface area contributed by atoms with Crippen molar-refractivity contribution in [3.8, 4) is 11.4 Å². The first-order chi connectivity index (χ1) is 12.9. The minimum absolute atomic E-state index is 0.373. The number of anilines is 2. The number of aromatic nitrogens is 6. The molecule has 0 bridgehead atoms. The van der Waals surface area contributed by atoms with Crippen molar-refractivity contribution in [3.05, 3.63) is 37.2 Å². The molecule has 5 heterocycles. The Morgan fingerprint density at radius 2 is 2.12 bits per heavy atom. The molecule has 26 heavy (non-hydrogen) atoms. The van der Waals surface area contributed by atoms with Crippen molar-refractivity contribution in [2.24, 2.45) is 0 Å². The number of nitrogens with zero attached hydrogens (tertiary/aromatic N) is 5. The zero-order valence-corrected chi connectivity index (χ0v) is 13.9. The molecular formula is C17H17N7O2. The monoisotopic (exact) mass is 351 g/mol. The van der Waals surface area contributed by atoms with Crippen LogP contribution in [0.5, 0.6) is 0 Å². The van der Waals surface area contributed by atoms with Gasteiger partial charge in [0.05, 0.1) is 35.9 Å². The maximum atomic E-state index is 5.42. The number of hydrogen-bond donors (Lipinski definition) is 2. The van der Waals surface area contributed by atoms with Gasteiger partial charge in [0, 0.05) is 19.4 Å². The molecule has 0 spiro atoms. The second-order valence-electron chi connectivity index (χ2n) is 6.22. The van der Waals surface area contributed by atoms with Gasteiger partial charge in [-0.15, -0.1) is 0 Å². The maximum absolute atomic E-state index is 5.42. The fourth-order valence-corrected chi connectivity index (χ4v) is 3.14. The zero-order chi connectivity index (χ0) is 17.3. The number of fused-ring (bicyclic) bond motifs is 1. The van der Waals surface area contributed by atoms with Gasteiger partial charge in [-0.2, -0.15) is 10.2 Å². The number of hydrogen-bond acceptors (Lipinski definition) is 7. The summed E-state index contributed by atoms with van der Waals surface area (Å²) in [6.07, 6.45) is 10.7. The smallest absolute Gasteiger partial charge is 0.165 e. The minimum atomic E-state index is 0.373. The number of H-pyrrole nitrogens is 1. The summed E-state index contributed by atoms with van der Waals surface area (Å²) in [6, 6.07) is 2.20. The molecule has 0 aliphatic carbocycles. The zero-order valence-electron chi connectivity index (χ0n) is 13.9. The van der Waals surface area contributed by atoms with Gasteiger partial charge in [0.15, 0.2) is 11.6 Å². The highest BCUT2D eigenvalue weighted by Crippen LogP contribution is 2.27. The van der Waals surface area contributed by atoms with Crippen molar-refractivity contribution in [2.75, 3.05) is 18.5 Å². The second-order valence-corrected chi connectivity index (χ2v) is 6.22. The topological polar surface area (TPSA) is 107 Å². The first-order valence-electron chi connectivity index (χ1n) is 8.49. The summed E-state index contributed by atoms with van der Waals surface area (Å²) in [7, 11) is 0. The summed E-state index contributed by atoms with van der Waals surface area (Å²) in [6.45, 7) is 1.56. The van der Waals surface area contributed by atoms with E-state index in [1.807, 2.05) is 16.9 Å². The standard InChI is InChI=1S/C17H17N7O2/c1-4-26-10-11(1)16-21-14-8-18-23-15(14)17(22-16)20-12-7-19-24(9-12)13-2-5-25-6-3-13/h1,4,7-10,13H,2-3,5-6H2,(H,18,23)(H,20,21,22). The average molecular weight is 351 g/mol. The van der Waals surface area contributed by atoms with Crippen molar-refractivity contribution in [2.45, 2.75) is 18.9 Å². The summed E-state index contributed by atoms with van der Waals surface area (Å²) in [5.74, 6) is 1.22.